The standard InChI is InChI=1S/C23H19Cl2F4N3O4/c1-10(16-14(24)2-3-15(26)17(16)25)36-19-18-12(8-31-21(19)30)13(9-35-18)11-4-6-32(7-5-11)22(34)20(33)23(27,28)29/h2-4,8-10,20,33H,5-7H2,1H3,(H2,30,31)/t10-,20+/m1/s1. The van der Waals surface area contributed by atoms with E-state index >= 15 is 0 Å². The van der Waals surface area contributed by atoms with E-state index in [1.54, 1.807) is 13.0 Å². The second-order valence-corrected chi connectivity index (χ2v) is 8.87. The number of furan rings is 1. The molecule has 3 N–H and O–H groups in total. The highest BCUT2D eigenvalue weighted by molar-refractivity contribution is 6.36. The molecule has 1 aliphatic heterocycles. The zero-order chi connectivity index (χ0) is 26.4. The van der Waals surface area contributed by atoms with E-state index < -0.39 is 30.1 Å². The van der Waals surface area contributed by atoms with Crippen molar-refractivity contribution in [1.82, 2.24) is 9.88 Å². The Morgan fingerprint density at radius 1 is 1.33 bits per heavy atom. The van der Waals surface area contributed by atoms with Gasteiger partial charge in [-0.25, -0.2) is 9.37 Å². The van der Waals surface area contributed by atoms with E-state index in [0.717, 1.165) is 11.0 Å². The van der Waals surface area contributed by atoms with Gasteiger partial charge in [0, 0.05) is 35.4 Å². The van der Waals surface area contributed by atoms with Crippen molar-refractivity contribution in [2.24, 2.45) is 0 Å². The summed E-state index contributed by atoms with van der Waals surface area (Å²) in [5.41, 5.74) is 7.74. The number of nitrogens with two attached hydrogens (primary N) is 1. The number of aliphatic hydroxyl groups excluding tert-OH is 1. The second-order valence-electron chi connectivity index (χ2n) is 8.09. The van der Waals surface area contributed by atoms with Gasteiger partial charge in [0.05, 0.1) is 16.7 Å². The fraction of sp³-hybridized carbons (Fsp3) is 0.304. The number of amides is 1. The van der Waals surface area contributed by atoms with Crippen molar-refractivity contribution in [3.05, 3.63) is 57.7 Å². The Kier molecular flexibility index (Phi) is 7.09. The van der Waals surface area contributed by atoms with E-state index in [9.17, 15) is 27.5 Å². The van der Waals surface area contributed by atoms with Gasteiger partial charge in [-0.1, -0.05) is 29.3 Å². The molecule has 0 unspecified atom stereocenters. The normalized spacial score (nSPS) is 16.1. The second kappa shape index (κ2) is 9.79. The van der Waals surface area contributed by atoms with Crippen LogP contribution in [-0.2, 0) is 4.79 Å². The molecule has 1 aliphatic rings. The molecular weight excluding hydrogens is 529 g/mol. The number of benzene rings is 1. The molecule has 3 aromatic rings. The first-order chi connectivity index (χ1) is 16.9. The largest absolute Gasteiger partial charge is 0.478 e. The molecule has 0 aliphatic carbocycles. The smallest absolute Gasteiger partial charge is 0.423 e. The lowest BCUT2D eigenvalue weighted by molar-refractivity contribution is -0.210. The van der Waals surface area contributed by atoms with Gasteiger partial charge < -0.3 is 24.9 Å². The van der Waals surface area contributed by atoms with E-state index in [-0.39, 0.29) is 52.3 Å². The molecule has 36 heavy (non-hydrogen) atoms. The fourth-order valence-electron chi connectivity index (χ4n) is 3.92. The molecule has 192 valence electrons. The first-order valence-corrected chi connectivity index (χ1v) is 11.3. The monoisotopic (exact) mass is 547 g/mol. The Balaban J connectivity index is 1.61. The Morgan fingerprint density at radius 2 is 2.06 bits per heavy atom. The number of aliphatic hydroxyl groups is 1. The number of carbonyl (C=O) groups excluding carboxylic acids is 1. The van der Waals surface area contributed by atoms with E-state index in [4.69, 9.17) is 38.1 Å². The van der Waals surface area contributed by atoms with Crippen LogP contribution in [0.25, 0.3) is 16.5 Å². The number of hydrogen-bond donors (Lipinski definition) is 2. The molecule has 0 saturated heterocycles. The summed E-state index contributed by atoms with van der Waals surface area (Å²) in [6.07, 6.45) is -4.31. The van der Waals surface area contributed by atoms with Crippen molar-refractivity contribution >= 4 is 51.5 Å². The summed E-state index contributed by atoms with van der Waals surface area (Å²) in [5.74, 6) is -2.02. The number of rotatable bonds is 5. The minimum absolute atomic E-state index is 0.00516. The topological polar surface area (TPSA) is 102 Å². The number of nitrogens with zero attached hydrogens (tertiary/aromatic N) is 2. The molecule has 1 amide bonds. The third kappa shape index (κ3) is 4.82. The van der Waals surface area contributed by atoms with Crippen LogP contribution in [-0.4, -0.2) is 46.3 Å². The van der Waals surface area contributed by atoms with E-state index in [1.807, 2.05) is 0 Å². The number of nitrogen functional groups attached to an aromatic ring is 1. The van der Waals surface area contributed by atoms with Gasteiger partial charge in [-0.15, -0.1) is 0 Å². The van der Waals surface area contributed by atoms with Crippen molar-refractivity contribution < 1.29 is 36.6 Å². The van der Waals surface area contributed by atoms with Crippen LogP contribution in [0, 0.1) is 5.82 Å². The van der Waals surface area contributed by atoms with Gasteiger partial charge in [0.2, 0.25) is 11.9 Å². The molecular formula is C23H19Cl2F4N3O4. The molecule has 2 atom stereocenters. The third-order valence-corrected chi connectivity index (χ3v) is 6.51. The first-order valence-electron chi connectivity index (χ1n) is 10.6. The average Bonchev–Trinajstić information content (AvgIpc) is 3.26. The highest BCUT2D eigenvalue weighted by Crippen LogP contribution is 2.41. The molecule has 1 aromatic carbocycles. The molecule has 0 saturated carbocycles. The van der Waals surface area contributed by atoms with Crippen LogP contribution >= 0.6 is 23.2 Å². The molecule has 0 fully saturated rings. The Hall–Kier alpha value is -3.02. The van der Waals surface area contributed by atoms with Crippen LogP contribution in [0.1, 0.15) is 30.6 Å². The number of hydrogen-bond acceptors (Lipinski definition) is 6. The van der Waals surface area contributed by atoms with E-state index in [1.165, 1.54) is 18.5 Å². The van der Waals surface area contributed by atoms with Gasteiger partial charge in [-0.3, -0.25) is 4.79 Å². The molecule has 2 aromatic heterocycles. The van der Waals surface area contributed by atoms with Crippen LogP contribution in [0.4, 0.5) is 23.4 Å². The third-order valence-electron chi connectivity index (χ3n) is 5.79. The van der Waals surface area contributed by atoms with Gasteiger partial charge in [0.25, 0.3) is 5.91 Å². The molecule has 0 bridgehead atoms. The molecule has 7 nitrogen and oxygen atoms in total. The predicted octanol–water partition coefficient (Wildman–Crippen LogP) is 5.53. The van der Waals surface area contributed by atoms with Crippen molar-refractivity contribution in [1.29, 1.82) is 0 Å². The van der Waals surface area contributed by atoms with Gasteiger partial charge in [-0.05, 0) is 31.1 Å². The van der Waals surface area contributed by atoms with Crippen molar-refractivity contribution in [3.8, 4) is 5.75 Å². The summed E-state index contributed by atoms with van der Waals surface area (Å²) in [4.78, 5) is 17.0. The number of pyridine rings is 1. The van der Waals surface area contributed by atoms with Crippen molar-refractivity contribution in [3.63, 3.8) is 0 Å². The number of ether oxygens (including phenoxy) is 1. The minimum Gasteiger partial charge on any atom is -0.478 e. The summed E-state index contributed by atoms with van der Waals surface area (Å²) in [7, 11) is 0. The number of halogens is 6. The maximum absolute atomic E-state index is 14.0. The minimum atomic E-state index is -5.04. The SMILES string of the molecule is C[C@@H](Oc1c(N)ncc2c(C3=CCN(C(=O)[C@H](O)C(F)(F)F)CC3)coc12)c1c(Cl)ccc(F)c1Cl. The molecule has 0 radical (unpaired) electrons. The fourth-order valence-corrected chi connectivity index (χ4v) is 4.60. The molecule has 13 heteroatoms. The van der Waals surface area contributed by atoms with Crippen molar-refractivity contribution in [2.75, 3.05) is 18.8 Å². The Bertz CT molecular complexity index is 1360. The van der Waals surface area contributed by atoms with Gasteiger partial charge >= 0.3 is 6.18 Å². The summed E-state index contributed by atoms with van der Waals surface area (Å²) >= 11 is 12.3. The number of carbonyl (C=O) groups is 1. The molecule has 0 spiro atoms. The molecule has 4 rings (SSSR count). The highest BCUT2D eigenvalue weighted by Gasteiger charge is 2.45. The summed E-state index contributed by atoms with van der Waals surface area (Å²) in [6.45, 7) is 1.43. The summed E-state index contributed by atoms with van der Waals surface area (Å²) in [6, 6.07) is 2.48. The number of aromatic nitrogens is 1. The van der Waals surface area contributed by atoms with E-state index in [0.29, 0.717) is 16.5 Å². The van der Waals surface area contributed by atoms with Crippen LogP contribution in [0.5, 0.6) is 5.75 Å². The van der Waals surface area contributed by atoms with Gasteiger partial charge in [-0.2, -0.15) is 13.2 Å². The van der Waals surface area contributed by atoms with Crippen LogP contribution in [0.3, 0.4) is 0 Å². The maximum atomic E-state index is 14.0. The first kappa shape index (κ1) is 26.1. The lowest BCUT2D eigenvalue weighted by Gasteiger charge is -2.28. The Labute approximate surface area is 212 Å². The highest BCUT2D eigenvalue weighted by atomic mass is 35.5. The average molecular weight is 548 g/mol. The quantitative estimate of drug-likeness (QED) is 0.321. The van der Waals surface area contributed by atoms with Crippen LogP contribution in [0.2, 0.25) is 10.0 Å². The zero-order valence-electron chi connectivity index (χ0n) is 18.6. The summed E-state index contributed by atoms with van der Waals surface area (Å²) in [5, 5.41) is 9.73. The number of alkyl halides is 3. The maximum Gasteiger partial charge on any atom is 0.423 e. The molecule has 3 heterocycles. The lowest BCUT2D eigenvalue weighted by Crippen LogP contribution is -2.47. The van der Waals surface area contributed by atoms with Crippen molar-refractivity contribution in [2.45, 2.75) is 31.7 Å². The number of anilines is 1. The predicted molar refractivity (Wildman–Crippen MR) is 125 cm³/mol. The van der Waals surface area contributed by atoms with Crippen LogP contribution in [0.15, 0.2) is 35.1 Å². The van der Waals surface area contributed by atoms with Crippen LogP contribution < -0.4 is 10.5 Å². The zero-order valence-corrected chi connectivity index (χ0v) is 20.1. The van der Waals surface area contributed by atoms with Gasteiger partial charge in [0.15, 0.2) is 11.4 Å². The Morgan fingerprint density at radius 3 is 2.69 bits per heavy atom. The van der Waals surface area contributed by atoms with Gasteiger partial charge in [0.1, 0.15) is 11.9 Å². The lowest BCUT2D eigenvalue weighted by atomic mass is 9.99. The summed E-state index contributed by atoms with van der Waals surface area (Å²) < 4.78 is 63.6. The van der Waals surface area contributed by atoms with E-state index in [2.05, 4.69) is 4.98 Å². The number of fused-ring (bicyclic) bond motifs is 1.